The highest BCUT2D eigenvalue weighted by molar-refractivity contribution is 7.93. The number of pyridine rings is 1. The van der Waals surface area contributed by atoms with Gasteiger partial charge in [-0.15, -0.1) is 5.10 Å². The Morgan fingerprint density at radius 1 is 0.750 bits per heavy atom. The molecule has 0 saturated heterocycles. The van der Waals surface area contributed by atoms with Gasteiger partial charge in [0.1, 0.15) is 27.8 Å². The van der Waals surface area contributed by atoms with Crippen LogP contribution in [0.5, 0.6) is 17.2 Å². The fourth-order valence-electron chi connectivity index (χ4n) is 6.69. The van der Waals surface area contributed by atoms with Crippen LogP contribution < -0.4 is 19.5 Å². The number of nitrogens with zero attached hydrogens (tertiary/aromatic N) is 7. The van der Waals surface area contributed by atoms with Gasteiger partial charge in [0.15, 0.2) is 15.7 Å². The Morgan fingerprint density at radius 3 is 1.90 bits per heavy atom. The van der Waals surface area contributed by atoms with Crippen molar-refractivity contribution in [1.82, 2.24) is 39.2 Å². The highest BCUT2D eigenvalue weighted by Crippen LogP contribution is 2.43. The van der Waals surface area contributed by atoms with E-state index in [1.165, 1.54) is 35.3 Å². The van der Waals surface area contributed by atoms with Gasteiger partial charge in [-0.05, 0) is 87.3 Å². The molecule has 19 heteroatoms. The van der Waals surface area contributed by atoms with Crippen molar-refractivity contribution in [2.24, 2.45) is 0 Å². The van der Waals surface area contributed by atoms with Gasteiger partial charge in [0.25, 0.3) is 0 Å². The van der Waals surface area contributed by atoms with Crippen molar-refractivity contribution in [1.29, 1.82) is 0 Å². The molecule has 0 spiro atoms. The lowest BCUT2D eigenvalue weighted by Gasteiger charge is -2.27. The van der Waals surface area contributed by atoms with Crippen LogP contribution in [0, 0.1) is 0 Å². The predicted octanol–water partition coefficient (Wildman–Crippen LogP) is 5.16. The molecule has 0 radical (unpaired) electrons. The fourth-order valence-corrected chi connectivity index (χ4v) is 10.3. The normalized spacial score (nSPS) is 11.8. The summed E-state index contributed by atoms with van der Waals surface area (Å²) in [5.41, 5.74) is 2.96. The number of hydrogen-bond acceptors (Lipinski definition) is 12. The maximum absolute atomic E-state index is 15.9. The van der Waals surface area contributed by atoms with Crippen LogP contribution in [0.25, 0.3) is 28.2 Å². The molecule has 0 bridgehead atoms. The number of imidazole rings is 1. The first-order valence-corrected chi connectivity index (χ1v) is 21.4. The molecule has 0 atom stereocenters. The lowest BCUT2D eigenvalue weighted by atomic mass is 9.99. The van der Waals surface area contributed by atoms with Gasteiger partial charge in [0.05, 0.1) is 44.1 Å². The number of carboxylic acid groups (broad SMARTS) is 1. The third-order valence-corrected chi connectivity index (χ3v) is 13.5. The van der Waals surface area contributed by atoms with Crippen LogP contribution in [-0.4, -0.2) is 95.6 Å². The summed E-state index contributed by atoms with van der Waals surface area (Å²) in [5.74, 6) is 0.910. The third kappa shape index (κ3) is 8.77. The van der Waals surface area contributed by atoms with Crippen LogP contribution in [0.3, 0.4) is 0 Å². The number of nitrogens with one attached hydrogen (secondary N) is 1. The van der Waals surface area contributed by atoms with E-state index in [1.807, 2.05) is 0 Å². The summed E-state index contributed by atoms with van der Waals surface area (Å²) in [6.45, 7) is -0.860. The largest absolute Gasteiger partial charge is 0.497 e. The van der Waals surface area contributed by atoms with Crippen molar-refractivity contribution in [3.8, 4) is 39.8 Å². The number of methoxy groups -OCH3 is 3. The Kier molecular flexibility index (Phi) is 12.1. The monoisotopic (exact) mass is 852 g/mol. The van der Waals surface area contributed by atoms with Gasteiger partial charge >= 0.3 is 6.09 Å². The number of fused-ring (bicyclic) bond motifs is 1. The Hall–Kier alpha value is -6.83. The molecule has 310 valence electrons. The molecule has 60 heavy (non-hydrogen) atoms. The van der Waals surface area contributed by atoms with Crippen molar-refractivity contribution in [2.45, 2.75) is 29.4 Å². The summed E-state index contributed by atoms with van der Waals surface area (Å²) in [6.07, 6.45) is 3.65. The van der Waals surface area contributed by atoms with Crippen LogP contribution >= 0.6 is 0 Å². The van der Waals surface area contributed by atoms with Crippen molar-refractivity contribution in [3.05, 3.63) is 132 Å². The summed E-state index contributed by atoms with van der Waals surface area (Å²) in [4.78, 5) is 14.8. The molecule has 7 rings (SSSR count). The van der Waals surface area contributed by atoms with E-state index < -0.39 is 48.0 Å². The lowest BCUT2D eigenvalue weighted by molar-refractivity contribution is 0.195. The maximum atomic E-state index is 15.9. The molecule has 0 aliphatic carbocycles. The second kappa shape index (κ2) is 17.6. The molecule has 0 aliphatic rings. The second-order valence-electron chi connectivity index (χ2n) is 13.4. The second-order valence-corrected chi connectivity index (χ2v) is 17.4. The fraction of sp³-hybridized carbons (Fsp3) is 0.195. The van der Waals surface area contributed by atoms with E-state index in [0.717, 1.165) is 5.56 Å². The topological polar surface area (TPSA) is 209 Å². The molecule has 1 amide bonds. The predicted molar refractivity (Wildman–Crippen MR) is 220 cm³/mol. The van der Waals surface area contributed by atoms with Crippen LogP contribution in [-0.2, 0) is 39.5 Å². The van der Waals surface area contributed by atoms with Crippen molar-refractivity contribution < 1.29 is 40.9 Å². The standard InChI is InChI=1S/C41H40N8O9S2/c1-56-31-12-6-28(7-13-31)25-48(26-29-8-14-32(57-2)15-9-29)60(54,55)38-36(59(52,53)24-21-43-41(50)51)19-18-34(35-5-4-22-47-23-20-42-39(35)47)37(38)40-44-45-46-49(40)27-30-10-16-33(58-3)17-11-30/h4-20,22-23,43H,21,24-27H2,1-3H3,(H,50,51). The Bertz CT molecular complexity index is 2800. The van der Waals surface area contributed by atoms with Crippen LogP contribution in [0.2, 0.25) is 0 Å². The SMILES string of the molecule is COc1ccc(CN(Cc2ccc(OC)cc2)S(=O)(=O)c2c(S(=O)(=O)CCNC(=O)O)ccc(-c3cccn4ccnc34)c2-c2nnnn2Cc2ccc(OC)cc2)cc1. The zero-order valence-electron chi connectivity index (χ0n) is 32.7. The average molecular weight is 853 g/mol. The number of aromatic nitrogens is 6. The van der Waals surface area contributed by atoms with Crippen LogP contribution in [0.4, 0.5) is 4.79 Å². The van der Waals surface area contributed by atoms with Crippen molar-refractivity contribution in [3.63, 3.8) is 0 Å². The zero-order valence-corrected chi connectivity index (χ0v) is 34.3. The van der Waals surface area contributed by atoms with Gasteiger partial charge in [-0.2, -0.15) is 4.31 Å². The minimum Gasteiger partial charge on any atom is -0.497 e. The molecule has 0 fully saturated rings. The first kappa shape index (κ1) is 41.3. The quantitative estimate of drug-likeness (QED) is 0.121. The van der Waals surface area contributed by atoms with E-state index in [9.17, 15) is 18.3 Å². The summed E-state index contributed by atoms with van der Waals surface area (Å²) >= 11 is 0. The maximum Gasteiger partial charge on any atom is 0.404 e. The van der Waals surface area contributed by atoms with Crippen molar-refractivity contribution in [2.75, 3.05) is 33.6 Å². The summed E-state index contributed by atoms with van der Waals surface area (Å²) in [7, 11) is -4.89. The number of benzene rings is 4. The first-order chi connectivity index (χ1) is 28.9. The lowest BCUT2D eigenvalue weighted by Crippen LogP contribution is -2.33. The van der Waals surface area contributed by atoms with Gasteiger partial charge in [-0.25, -0.2) is 31.3 Å². The number of sulfone groups is 1. The zero-order chi connectivity index (χ0) is 42.4. The Balaban J connectivity index is 1.52. The van der Waals surface area contributed by atoms with Crippen molar-refractivity contribution >= 4 is 31.6 Å². The van der Waals surface area contributed by atoms with Gasteiger partial charge in [0.2, 0.25) is 10.0 Å². The first-order valence-electron chi connectivity index (χ1n) is 18.4. The van der Waals surface area contributed by atoms with Crippen LogP contribution in [0.15, 0.2) is 125 Å². The molecular formula is C41H40N8O9S2. The molecule has 7 aromatic rings. The summed E-state index contributed by atoms with van der Waals surface area (Å²) in [6, 6.07) is 27.0. The molecule has 4 aromatic carbocycles. The minimum atomic E-state index is -4.91. The number of rotatable bonds is 17. The number of carbonyl (C=O) groups is 1. The van der Waals surface area contributed by atoms with E-state index in [-0.39, 0.29) is 36.6 Å². The highest BCUT2D eigenvalue weighted by atomic mass is 32.2. The smallest absolute Gasteiger partial charge is 0.404 e. The number of ether oxygens (including phenoxy) is 3. The molecule has 0 unspecified atom stereocenters. The van der Waals surface area contributed by atoms with Gasteiger partial charge in [-0.3, -0.25) is 0 Å². The number of tetrazole rings is 1. The van der Waals surface area contributed by atoms with Gasteiger partial charge in [0, 0.05) is 43.8 Å². The van der Waals surface area contributed by atoms with E-state index in [2.05, 4.69) is 25.8 Å². The summed E-state index contributed by atoms with van der Waals surface area (Å²) in [5, 5.41) is 24.0. The number of amides is 1. The molecule has 2 N–H and O–H groups in total. The van der Waals surface area contributed by atoms with E-state index >= 15 is 8.42 Å². The highest BCUT2D eigenvalue weighted by Gasteiger charge is 2.38. The molecular weight excluding hydrogens is 813 g/mol. The molecule has 3 heterocycles. The summed E-state index contributed by atoms with van der Waals surface area (Å²) < 4.78 is 81.1. The molecule has 0 aliphatic heterocycles. The van der Waals surface area contributed by atoms with E-state index in [0.29, 0.717) is 39.6 Å². The van der Waals surface area contributed by atoms with Gasteiger partial charge in [-0.1, -0.05) is 42.5 Å². The molecule has 17 nitrogen and oxygen atoms in total. The number of sulfonamides is 1. The Morgan fingerprint density at radius 2 is 1.33 bits per heavy atom. The minimum absolute atomic E-state index is 0.0532. The van der Waals surface area contributed by atoms with E-state index in [4.69, 9.17) is 14.2 Å². The third-order valence-electron chi connectivity index (χ3n) is 9.69. The van der Waals surface area contributed by atoms with E-state index in [1.54, 1.807) is 115 Å². The molecule has 0 saturated carbocycles. The Labute approximate surface area is 345 Å². The van der Waals surface area contributed by atoms with Crippen LogP contribution in [0.1, 0.15) is 16.7 Å². The molecule has 3 aromatic heterocycles. The average Bonchev–Trinajstić information content (AvgIpc) is 3.93. The number of hydrogen-bond donors (Lipinski definition) is 2. The van der Waals surface area contributed by atoms with Gasteiger partial charge < -0.3 is 29.0 Å².